The second kappa shape index (κ2) is 5.94. The number of rotatable bonds is 4. The van der Waals surface area contributed by atoms with Gasteiger partial charge in [0.05, 0.1) is 0 Å². The van der Waals surface area contributed by atoms with Crippen LogP contribution >= 0.6 is 0 Å². The van der Waals surface area contributed by atoms with Crippen LogP contribution < -0.4 is 10.5 Å². The third-order valence-corrected chi connectivity index (χ3v) is 3.62. The minimum Gasteiger partial charge on any atom is -0.469 e. The van der Waals surface area contributed by atoms with Crippen molar-refractivity contribution >= 4 is 10.8 Å². The molecule has 0 fully saturated rings. The molecule has 1 atom stereocenters. The zero-order valence-electron chi connectivity index (χ0n) is 12.0. The third kappa shape index (κ3) is 2.73. The van der Waals surface area contributed by atoms with Crippen molar-refractivity contribution in [1.82, 2.24) is 4.98 Å². The fourth-order valence-electron chi connectivity index (χ4n) is 2.44. The summed E-state index contributed by atoms with van der Waals surface area (Å²) in [4.78, 5) is 4.44. The van der Waals surface area contributed by atoms with Crippen LogP contribution in [0.1, 0.15) is 24.2 Å². The summed E-state index contributed by atoms with van der Waals surface area (Å²) in [5, 5.41) is 2.11. The van der Waals surface area contributed by atoms with E-state index in [-0.39, 0.29) is 6.10 Å². The van der Waals surface area contributed by atoms with E-state index in [1.807, 2.05) is 43.3 Å². The second-order valence-corrected chi connectivity index (χ2v) is 5.01. The Morgan fingerprint density at radius 3 is 2.38 bits per heavy atom. The Balaban J connectivity index is 1.98. The van der Waals surface area contributed by atoms with Crippen LogP contribution in [0.5, 0.6) is 5.88 Å². The van der Waals surface area contributed by atoms with Crippen LogP contribution in [0.2, 0.25) is 0 Å². The Bertz CT molecular complexity index is 741. The quantitative estimate of drug-likeness (QED) is 0.789. The molecule has 3 nitrogen and oxygen atoms in total. The zero-order valence-corrected chi connectivity index (χ0v) is 12.0. The average Bonchev–Trinajstić information content (AvgIpc) is 2.56. The molecule has 1 unspecified atom stereocenters. The number of ether oxygens (including phenoxy) is 1. The van der Waals surface area contributed by atoms with Gasteiger partial charge in [-0.05, 0) is 29.5 Å². The van der Waals surface area contributed by atoms with Crippen LogP contribution in [-0.4, -0.2) is 4.98 Å². The number of pyridine rings is 1. The van der Waals surface area contributed by atoms with E-state index in [0.717, 1.165) is 21.9 Å². The predicted octanol–water partition coefficient (Wildman–Crippen LogP) is 3.83. The molecule has 1 heterocycles. The van der Waals surface area contributed by atoms with Gasteiger partial charge in [-0.25, -0.2) is 4.98 Å². The molecular weight excluding hydrogens is 260 g/mol. The molecule has 0 aliphatic carbocycles. The van der Waals surface area contributed by atoms with Gasteiger partial charge in [0.2, 0.25) is 5.88 Å². The maximum absolute atomic E-state index is 6.06. The lowest BCUT2D eigenvalue weighted by Crippen LogP contribution is -2.06. The van der Waals surface area contributed by atoms with Crippen molar-refractivity contribution in [1.29, 1.82) is 0 Å². The van der Waals surface area contributed by atoms with Crippen LogP contribution in [0.15, 0.2) is 60.8 Å². The van der Waals surface area contributed by atoms with Gasteiger partial charge in [0, 0.05) is 18.1 Å². The van der Waals surface area contributed by atoms with Gasteiger partial charge in [-0.15, -0.1) is 0 Å². The SMILES string of the molecule is CC(Oc1ncc(CN)c2ccccc12)c1ccccc1. The van der Waals surface area contributed by atoms with Crippen LogP contribution in [0.4, 0.5) is 0 Å². The summed E-state index contributed by atoms with van der Waals surface area (Å²) >= 11 is 0. The predicted molar refractivity (Wildman–Crippen MR) is 85.1 cm³/mol. The van der Waals surface area contributed by atoms with Crippen molar-refractivity contribution in [2.24, 2.45) is 5.73 Å². The van der Waals surface area contributed by atoms with E-state index in [0.29, 0.717) is 12.4 Å². The summed E-state index contributed by atoms with van der Waals surface area (Å²) < 4.78 is 6.06. The molecule has 0 aliphatic rings. The number of nitrogens with zero attached hydrogens (tertiary/aromatic N) is 1. The first-order chi connectivity index (χ1) is 10.3. The lowest BCUT2D eigenvalue weighted by atomic mass is 10.1. The Kier molecular flexibility index (Phi) is 3.84. The molecule has 2 N–H and O–H groups in total. The normalized spacial score (nSPS) is 12.3. The maximum Gasteiger partial charge on any atom is 0.221 e. The number of hydrogen-bond donors (Lipinski definition) is 1. The fourth-order valence-corrected chi connectivity index (χ4v) is 2.44. The Morgan fingerprint density at radius 1 is 1.00 bits per heavy atom. The zero-order chi connectivity index (χ0) is 14.7. The van der Waals surface area contributed by atoms with Crippen LogP contribution in [0.25, 0.3) is 10.8 Å². The van der Waals surface area contributed by atoms with Crippen molar-refractivity contribution in [3.8, 4) is 5.88 Å². The van der Waals surface area contributed by atoms with E-state index < -0.39 is 0 Å². The van der Waals surface area contributed by atoms with Gasteiger partial charge in [-0.3, -0.25) is 0 Å². The summed E-state index contributed by atoms with van der Waals surface area (Å²) in [7, 11) is 0. The molecule has 0 bridgehead atoms. The molecule has 1 aromatic heterocycles. The summed E-state index contributed by atoms with van der Waals surface area (Å²) in [6, 6.07) is 18.2. The molecule has 3 rings (SSSR count). The lowest BCUT2D eigenvalue weighted by molar-refractivity contribution is 0.220. The van der Waals surface area contributed by atoms with Gasteiger partial charge >= 0.3 is 0 Å². The first kappa shape index (κ1) is 13.6. The van der Waals surface area contributed by atoms with Gasteiger partial charge in [0.15, 0.2) is 0 Å². The topological polar surface area (TPSA) is 48.1 Å². The van der Waals surface area contributed by atoms with Crippen molar-refractivity contribution in [3.63, 3.8) is 0 Å². The average molecular weight is 278 g/mol. The molecule has 0 saturated carbocycles. The smallest absolute Gasteiger partial charge is 0.221 e. The maximum atomic E-state index is 6.06. The molecule has 106 valence electrons. The monoisotopic (exact) mass is 278 g/mol. The standard InChI is InChI=1S/C18H18N2O/c1-13(14-7-3-2-4-8-14)21-18-17-10-6-5-9-16(17)15(11-19)12-20-18/h2-10,12-13H,11,19H2,1H3. The number of nitrogens with two attached hydrogens (primary N) is 1. The van der Waals surface area contributed by atoms with Crippen molar-refractivity contribution in [3.05, 3.63) is 71.9 Å². The summed E-state index contributed by atoms with van der Waals surface area (Å²) in [6.07, 6.45) is 1.75. The molecule has 0 saturated heterocycles. The van der Waals surface area contributed by atoms with E-state index in [4.69, 9.17) is 10.5 Å². The molecular formula is C18H18N2O. The Morgan fingerprint density at radius 2 is 1.67 bits per heavy atom. The highest BCUT2D eigenvalue weighted by molar-refractivity contribution is 5.89. The molecule has 0 spiro atoms. The fraction of sp³-hybridized carbons (Fsp3) is 0.167. The summed E-state index contributed by atoms with van der Waals surface area (Å²) in [6.45, 7) is 2.50. The molecule has 2 aromatic carbocycles. The number of benzene rings is 2. The largest absolute Gasteiger partial charge is 0.469 e. The van der Waals surface area contributed by atoms with Gasteiger partial charge in [0.1, 0.15) is 6.10 Å². The third-order valence-electron chi connectivity index (χ3n) is 3.62. The highest BCUT2D eigenvalue weighted by atomic mass is 16.5. The summed E-state index contributed by atoms with van der Waals surface area (Å²) in [5.41, 5.74) is 7.94. The van der Waals surface area contributed by atoms with Gasteiger partial charge < -0.3 is 10.5 Å². The first-order valence-corrected chi connectivity index (χ1v) is 7.08. The minimum absolute atomic E-state index is 0.0502. The lowest BCUT2D eigenvalue weighted by Gasteiger charge is -2.16. The number of hydrogen-bond acceptors (Lipinski definition) is 3. The van der Waals surface area contributed by atoms with Gasteiger partial charge in [0.25, 0.3) is 0 Å². The molecule has 0 radical (unpaired) electrons. The van der Waals surface area contributed by atoms with E-state index in [1.54, 1.807) is 6.20 Å². The number of fused-ring (bicyclic) bond motifs is 1. The van der Waals surface area contributed by atoms with Crippen molar-refractivity contribution < 1.29 is 4.74 Å². The first-order valence-electron chi connectivity index (χ1n) is 7.08. The van der Waals surface area contributed by atoms with Crippen LogP contribution in [0.3, 0.4) is 0 Å². The molecule has 3 aromatic rings. The van der Waals surface area contributed by atoms with E-state index in [2.05, 4.69) is 23.2 Å². The molecule has 3 heteroatoms. The Hall–Kier alpha value is -2.39. The van der Waals surface area contributed by atoms with Crippen LogP contribution in [0, 0.1) is 0 Å². The Labute approximate surface area is 124 Å². The van der Waals surface area contributed by atoms with E-state index >= 15 is 0 Å². The highest BCUT2D eigenvalue weighted by Gasteiger charge is 2.12. The van der Waals surface area contributed by atoms with E-state index in [1.165, 1.54) is 0 Å². The van der Waals surface area contributed by atoms with Crippen molar-refractivity contribution in [2.45, 2.75) is 19.6 Å². The van der Waals surface area contributed by atoms with Crippen LogP contribution in [-0.2, 0) is 6.54 Å². The highest BCUT2D eigenvalue weighted by Crippen LogP contribution is 2.29. The van der Waals surface area contributed by atoms with Gasteiger partial charge in [-0.1, -0.05) is 48.5 Å². The minimum atomic E-state index is -0.0502. The van der Waals surface area contributed by atoms with Gasteiger partial charge in [-0.2, -0.15) is 0 Å². The molecule has 0 amide bonds. The van der Waals surface area contributed by atoms with Crippen molar-refractivity contribution in [2.75, 3.05) is 0 Å². The summed E-state index contributed by atoms with van der Waals surface area (Å²) in [5.74, 6) is 0.652. The second-order valence-electron chi connectivity index (χ2n) is 5.01. The molecule has 0 aliphatic heterocycles. The van der Waals surface area contributed by atoms with E-state index in [9.17, 15) is 0 Å². The number of aromatic nitrogens is 1. The molecule has 21 heavy (non-hydrogen) atoms.